The minimum atomic E-state index is -0.0518. The highest BCUT2D eigenvalue weighted by atomic mass is 16.2. The fourth-order valence-electron chi connectivity index (χ4n) is 3.24. The van der Waals surface area contributed by atoms with E-state index in [4.69, 9.17) is 0 Å². The van der Waals surface area contributed by atoms with E-state index in [1.807, 2.05) is 54.3 Å². The third-order valence-corrected chi connectivity index (χ3v) is 4.67. The highest BCUT2D eigenvalue weighted by Gasteiger charge is 2.25. The van der Waals surface area contributed by atoms with Gasteiger partial charge < -0.3 is 15.1 Å². The molecule has 1 fully saturated rings. The van der Waals surface area contributed by atoms with Crippen molar-refractivity contribution in [2.75, 3.05) is 32.7 Å². The van der Waals surface area contributed by atoms with Crippen LogP contribution >= 0.6 is 0 Å². The first-order valence-electron chi connectivity index (χ1n) is 9.13. The number of nitrogens with zero attached hydrogens (tertiary/aromatic N) is 2. The van der Waals surface area contributed by atoms with Gasteiger partial charge in [-0.2, -0.15) is 0 Å². The minimum absolute atomic E-state index is 0.0482. The van der Waals surface area contributed by atoms with E-state index in [0.717, 1.165) is 17.5 Å². The standard InChI is InChI=1S/C21H25N3O2/c1-2-22-21(26)24-14-12-23(13-15-24)20(25)19-11-7-6-10-18(19)16-17-8-4-3-5-9-17/h3-11H,2,12-16H2,1H3,(H,22,26). The zero-order chi connectivity index (χ0) is 18.4. The molecule has 1 aliphatic heterocycles. The van der Waals surface area contributed by atoms with Gasteiger partial charge in [-0.15, -0.1) is 0 Å². The van der Waals surface area contributed by atoms with Crippen molar-refractivity contribution < 1.29 is 9.59 Å². The van der Waals surface area contributed by atoms with Crippen LogP contribution < -0.4 is 5.32 Å². The van der Waals surface area contributed by atoms with Crippen molar-refractivity contribution >= 4 is 11.9 Å². The van der Waals surface area contributed by atoms with Crippen LogP contribution in [0.25, 0.3) is 0 Å². The van der Waals surface area contributed by atoms with E-state index < -0.39 is 0 Å². The molecule has 1 saturated heterocycles. The molecule has 0 spiro atoms. The summed E-state index contributed by atoms with van der Waals surface area (Å²) in [5.74, 6) is 0.0482. The molecule has 2 aromatic carbocycles. The highest BCUT2D eigenvalue weighted by molar-refractivity contribution is 5.96. The quantitative estimate of drug-likeness (QED) is 0.921. The zero-order valence-corrected chi connectivity index (χ0v) is 15.1. The molecule has 1 heterocycles. The Hall–Kier alpha value is -2.82. The van der Waals surface area contributed by atoms with Gasteiger partial charge in [0.25, 0.3) is 5.91 Å². The zero-order valence-electron chi connectivity index (χ0n) is 15.1. The normalized spacial score (nSPS) is 14.2. The van der Waals surface area contributed by atoms with Crippen molar-refractivity contribution in [2.45, 2.75) is 13.3 Å². The van der Waals surface area contributed by atoms with E-state index in [0.29, 0.717) is 32.7 Å². The lowest BCUT2D eigenvalue weighted by molar-refractivity contribution is 0.0664. The Labute approximate surface area is 154 Å². The lowest BCUT2D eigenvalue weighted by atomic mass is 9.99. The molecule has 0 bridgehead atoms. The number of hydrogen-bond acceptors (Lipinski definition) is 2. The van der Waals surface area contributed by atoms with Crippen LogP contribution in [0.1, 0.15) is 28.4 Å². The predicted octanol–water partition coefficient (Wildman–Crippen LogP) is 2.76. The van der Waals surface area contributed by atoms with Gasteiger partial charge in [-0.25, -0.2) is 4.79 Å². The van der Waals surface area contributed by atoms with Gasteiger partial charge >= 0.3 is 6.03 Å². The second-order valence-electron chi connectivity index (χ2n) is 6.43. The molecule has 0 saturated carbocycles. The second-order valence-corrected chi connectivity index (χ2v) is 6.43. The third-order valence-electron chi connectivity index (χ3n) is 4.67. The van der Waals surface area contributed by atoms with Gasteiger partial charge in [0.15, 0.2) is 0 Å². The van der Waals surface area contributed by atoms with Crippen LogP contribution in [0.2, 0.25) is 0 Å². The number of urea groups is 1. The Morgan fingerprint density at radius 1 is 0.885 bits per heavy atom. The molecule has 0 unspecified atom stereocenters. The Morgan fingerprint density at radius 2 is 1.50 bits per heavy atom. The van der Waals surface area contributed by atoms with Crippen LogP contribution in [0.4, 0.5) is 4.79 Å². The van der Waals surface area contributed by atoms with E-state index in [9.17, 15) is 9.59 Å². The molecule has 26 heavy (non-hydrogen) atoms. The molecule has 0 aliphatic carbocycles. The molecule has 2 aromatic rings. The average Bonchev–Trinajstić information content (AvgIpc) is 2.69. The van der Waals surface area contributed by atoms with Crippen molar-refractivity contribution in [1.29, 1.82) is 0 Å². The minimum Gasteiger partial charge on any atom is -0.338 e. The van der Waals surface area contributed by atoms with Crippen LogP contribution in [-0.2, 0) is 6.42 Å². The van der Waals surface area contributed by atoms with Crippen LogP contribution in [-0.4, -0.2) is 54.5 Å². The molecular formula is C21H25N3O2. The Kier molecular flexibility index (Phi) is 5.89. The van der Waals surface area contributed by atoms with Crippen molar-refractivity contribution in [3.05, 3.63) is 71.3 Å². The van der Waals surface area contributed by atoms with E-state index in [-0.39, 0.29) is 11.9 Å². The van der Waals surface area contributed by atoms with Crippen molar-refractivity contribution in [2.24, 2.45) is 0 Å². The van der Waals surface area contributed by atoms with E-state index in [1.54, 1.807) is 4.90 Å². The molecular weight excluding hydrogens is 326 g/mol. The highest BCUT2D eigenvalue weighted by Crippen LogP contribution is 2.17. The first-order chi connectivity index (χ1) is 12.7. The molecule has 5 nitrogen and oxygen atoms in total. The van der Waals surface area contributed by atoms with Crippen LogP contribution in [0, 0.1) is 0 Å². The Morgan fingerprint density at radius 3 is 2.19 bits per heavy atom. The van der Waals surface area contributed by atoms with Crippen LogP contribution in [0.15, 0.2) is 54.6 Å². The Balaban J connectivity index is 1.68. The van der Waals surface area contributed by atoms with Gasteiger partial charge in [0, 0.05) is 38.3 Å². The summed E-state index contributed by atoms with van der Waals surface area (Å²) in [4.78, 5) is 28.5. The summed E-state index contributed by atoms with van der Waals surface area (Å²) in [7, 11) is 0. The Bertz CT molecular complexity index is 753. The first kappa shape index (κ1) is 18.0. The van der Waals surface area contributed by atoms with Crippen molar-refractivity contribution in [3.8, 4) is 0 Å². The molecule has 1 N–H and O–H groups in total. The summed E-state index contributed by atoms with van der Waals surface area (Å²) in [6.45, 7) is 4.79. The largest absolute Gasteiger partial charge is 0.338 e. The molecule has 5 heteroatoms. The molecule has 1 aliphatic rings. The van der Waals surface area contributed by atoms with E-state index in [1.165, 1.54) is 5.56 Å². The summed E-state index contributed by atoms with van der Waals surface area (Å²) < 4.78 is 0. The maximum absolute atomic E-state index is 13.0. The molecule has 0 aromatic heterocycles. The lowest BCUT2D eigenvalue weighted by Crippen LogP contribution is -2.53. The van der Waals surface area contributed by atoms with Crippen molar-refractivity contribution in [3.63, 3.8) is 0 Å². The van der Waals surface area contributed by atoms with Crippen molar-refractivity contribution in [1.82, 2.24) is 15.1 Å². The predicted molar refractivity (Wildman–Crippen MR) is 102 cm³/mol. The third kappa shape index (κ3) is 4.23. The lowest BCUT2D eigenvalue weighted by Gasteiger charge is -2.35. The van der Waals surface area contributed by atoms with Gasteiger partial charge in [-0.1, -0.05) is 48.5 Å². The van der Waals surface area contributed by atoms with Gasteiger partial charge in [-0.3, -0.25) is 4.79 Å². The van der Waals surface area contributed by atoms with Crippen LogP contribution in [0.3, 0.4) is 0 Å². The number of carbonyl (C=O) groups is 2. The second kappa shape index (κ2) is 8.52. The molecule has 3 amide bonds. The summed E-state index contributed by atoms with van der Waals surface area (Å²) in [5, 5.41) is 2.81. The smallest absolute Gasteiger partial charge is 0.317 e. The summed E-state index contributed by atoms with van der Waals surface area (Å²) in [6, 6.07) is 17.9. The average molecular weight is 351 g/mol. The summed E-state index contributed by atoms with van der Waals surface area (Å²) in [6.07, 6.45) is 0.738. The number of amides is 3. The van der Waals surface area contributed by atoms with E-state index in [2.05, 4.69) is 17.4 Å². The maximum atomic E-state index is 13.0. The maximum Gasteiger partial charge on any atom is 0.317 e. The molecule has 0 atom stereocenters. The number of rotatable bonds is 4. The van der Waals surface area contributed by atoms with E-state index >= 15 is 0 Å². The summed E-state index contributed by atoms with van der Waals surface area (Å²) >= 11 is 0. The number of piperazine rings is 1. The first-order valence-corrected chi connectivity index (χ1v) is 9.13. The fourth-order valence-corrected chi connectivity index (χ4v) is 3.24. The van der Waals surface area contributed by atoms with Gasteiger partial charge in [0.1, 0.15) is 0 Å². The number of carbonyl (C=O) groups excluding carboxylic acids is 2. The number of nitrogens with one attached hydrogen (secondary N) is 1. The topological polar surface area (TPSA) is 52.7 Å². The van der Waals surface area contributed by atoms with Gasteiger partial charge in [0.05, 0.1) is 0 Å². The number of benzene rings is 2. The molecule has 136 valence electrons. The van der Waals surface area contributed by atoms with Gasteiger partial charge in [-0.05, 0) is 30.5 Å². The fraction of sp³-hybridized carbons (Fsp3) is 0.333. The molecule has 0 radical (unpaired) electrons. The van der Waals surface area contributed by atoms with Gasteiger partial charge in [0.2, 0.25) is 0 Å². The van der Waals surface area contributed by atoms with Crippen LogP contribution in [0.5, 0.6) is 0 Å². The number of hydrogen-bond donors (Lipinski definition) is 1. The SMILES string of the molecule is CCNC(=O)N1CCN(C(=O)c2ccccc2Cc2ccccc2)CC1. The molecule has 3 rings (SSSR count). The summed E-state index contributed by atoms with van der Waals surface area (Å²) in [5.41, 5.74) is 2.98. The monoisotopic (exact) mass is 351 g/mol.